The minimum Gasteiger partial charge on any atom is -0.467 e. The first-order valence-corrected chi connectivity index (χ1v) is 9.89. The molecule has 160 valence electrons. The van der Waals surface area contributed by atoms with Gasteiger partial charge in [-0.1, -0.05) is 13.8 Å². The molecule has 1 N–H and O–H groups in total. The molecular formula is C23H27NO6. The number of benzene rings is 1. The maximum Gasteiger partial charge on any atom is 0.340 e. The van der Waals surface area contributed by atoms with E-state index in [4.69, 9.17) is 13.6 Å². The third-order valence-corrected chi connectivity index (χ3v) is 5.72. The molecule has 3 aromatic rings. The van der Waals surface area contributed by atoms with Gasteiger partial charge in [0.25, 0.3) is 0 Å². The van der Waals surface area contributed by atoms with E-state index in [1.54, 1.807) is 20.8 Å². The molecule has 2 heterocycles. The Hall–Kier alpha value is -3.09. The molecule has 0 radical (unpaired) electrons. The first-order valence-electron chi connectivity index (χ1n) is 9.89. The molecule has 1 amide bonds. The van der Waals surface area contributed by atoms with Crippen molar-refractivity contribution in [1.82, 2.24) is 5.32 Å². The zero-order chi connectivity index (χ0) is 22.3. The van der Waals surface area contributed by atoms with Crippen molar-refractivity contribution in [2.24, 2.45) is 5.92 Å². The van der Waals surface area contributed by atoms with Crippen molar-refractivity contribution in [3.8, 4) is 0 Å². The molecule has 0 fully saturated rings. The molecule has 0 saturated heterocycles. The van der Waals surface area contributed by atoms with Gasteiger partial charge in [-0.25, -0.2) is 9.59 Å². The van der Waals surface area contributed by atoms with E-state index in [1.807, 2.05) is 26.8 Å². The van der Waals surface area contributed by atoms with Gasteiger partial charge in [0, 0.05) is 16.3 Å². The number of fused-ring (bicyclic) bond motifs is 2. The maximum atomic E-state index is 12.7. The van der Waals surface area contributed by atoms with Gasteiger partial charge in [0.2, 0.25) is 5.91 Å². The van der Waals surface area contributed by atoms with E-state index in [0.717, 1.165) is 27.7 Å². The number of methoxy groups -OCH3 is 1. The van der Waals surface area contributed by atoms with Gasteiger partial charge in [0.15, 0.2) is 0 Å². The summed E-state index contributed by atoms with van der Waals surface area (Å²) in [5, 5.41) is 4.38. The Morgan fingerprint density at radius 2 is 1.60 bits per heavy atom. The highest BCUT2D eigenvalue weighted by Crippen LogP contribution is 2.34. The first-order chi connectivity index (χ1) is 14.1. The smallest absolute Gasteiger partial charge is 0.340 e. The molecular weight excluding hydrogens is 386 g/mol. The highest BCUT2D eigenvalue weighted by molar-refractivity contribution is 6.00. The Balaban J connectivity index is 2.05. The maximum absolute atomic E-state index is 12.7. The number of carbonyl (C=O) groups is 2. The van der Waals surface area contributed by atoms with Crippen LogP contribution in [0.2, 0.25) is 0 Å². The summed E-state index contributed by atoms with van der Waals surface area (Å²) >= 11 is 0. The minimum atomic E-state index is -0.784. The predicted octanol–water partition coefficient (Wildman–Crippen LogP) is 3.63. The average molecular weight is 413 g/mol. The van der Waals surface area contributed by atoms with Crippen molar-refractivity contribution >= 4 is 33.8 Å². The van der Waals surface area contributed by atoms with E-state index >= 15 is 0 Å². The molecule has 0 aliphatic rings. The lowest BCUT2D eigenvalue weighted by Gasteiger charge is -2.20. The fraction of sp³-hybridized carbons (Fsp3) is 0.435. The summed E-state index contributed by atoms with van der Waals surface area (Å²) in [5.74, 6) is -0.310. The van der Waals surface area contributed by atoms with Crippen LogP contribution in [-0.4, -0.2) is 25.0 Å². The normalized spacial score (nSPS) is 12.5. The molecule has 7 nitrogen and oxygen atoms in total. The molecule has 0 spiro atoms. The van der Waals surface area contributed by atoms with Crippen LogP contribution >= 0.6 is 0 Å². The highest BCUT2D eigenvalue weighted by atomic mass is 16.5. The molecule has 0 aliphatic carbocycles. The second-order valence-corrected chi connectivity index (χ2v) is 8.02. The second kappa shape index (κ2) is 7.97. The van der Waals surface area contributed by atoms with Crippen LogP contribution in [0.15, 0.2) is 19.7 Å². The lowest BCUT2D eigenvalue weighted by molar-refractivity contribution is -0.146. The summed E-state index contributed by atoms with van der Waals surface area (Å²) in [6, 6.07) is 1.16. The summed E-state index contributed by atoms with van der Waals surface area (Å²) in [7, 11) is 1.27. The summed E-state index contributed by atoms with van der Waals surface area (Å²) in [6.07, 6.45) is -0.190. The molecule has 0 saturated carbocycles. The van der Waals surface area contributed by atoms with Crippen LogP contribution in [0.25, 0.3) is 21.9 Å². The van der Waals surface area contributed by atoms with Gasteiger partial charge in [0.05, 0.1) is 19.1 Å². The van der Waals surface area contributed by atoms with Gasteiger partial charge in [-0.15, -0.1) is 0 Å². The molecule has 3 rings (SSSR count). The van der Waals surface area contributed by atoms with Gasteiger partial charge in [-0.05, 0) is 50.8 Å². The van der Waals surface area contributed by atoms with E-state index < -0.39 is 23.5 Å². The van der Waals surface area contributed by atoms with E-state index in [9.17, 15) is 14.4 Å². The van der Waals surface area contributed by atoms with Gasteiger partial charge in [0.1, 0.15) is 23.0 Å². The van der Waals surface area contributed by atoms with E-state index in [1.165, 1.54) is 7.11 Å². The van der Waals surface area contributed by atoms with E-state index in [0.29, 0.717) is 16.7 Å². The molecule has 1 unspecified atom stereocenters. The SMILES string of the molecule is COC(=O)C(NC(=O)Cc1c(C)c2cc3c(C)c(C)oc3c(C)c2oc1=O)C(C)C. The Labute approximate surface area is 174 Å². The van der Waals surface area contributed by atoms with Crippen molar-refractivity contribution in [3.05, 3.63) is 44.5 Å². The molecule has 30 heavy (non-hydrogen) atoms. The Morgan fingerprint density at radius 3 is 2.20 bits per heavy atom. The zero-order valence-electron chi connectivity index (χ0n) is 18.4. The number of nitrogens with one attached hydrogen (secondary N) is 1. The van der Waals surface area contributed by atoms with Crippen LogP contribution in [0, 0.1) is 33.6 Å². The van der Waals surface area contributed by atoms with Crippen molar-refractivity contribution in [2.75, 3.05) is 7.11 Å². The van der Waals surface area contributed by atoms with Crippen LogP contribution in [0.5, 0.6) is 0 Å². The van der Waals surface area contributed by atoms with E-state index in [2.05, 4.69) is 5.32 Å². The number of ether oxygens (including phenoxy) is 1. The largest absolute Gasteiger partial charge is 0.467 e. The monoisotopic (exact) mass is 413 g/mol. The molecule has 7 heteroatoms. The summed E-state index contributed by atoms with van der Waals surface area (Å²) in [6.45, 7) is 11.1. The number of amides is 1. The van der Waals surface area contributed by atoms with Crippen molar-refractivity contribution in [3.63, 3.8) is 0 Å². The summed E-state index contributed by atoms with van der Waals surface area (Å²) < 4.78 is 16.2. The minimum absolute atomic E-state index is 0.154. The van der Waals surface area contributed by atoms with Gasteiger partial charge in [-0.2, -0.15) is 0 Å². The van der Waals surface area contributed by atoms with Crippen LogP contribution in [0.4, 0.5) is 0 Å². The Kier molecular flexibility index (Phi) is 5.74. The number of hydrogen-bond acceptors (Lipinski definition) is 6. The molecule has 1 atom stereocenters. The quantitative estimate of drug-likeness (QED) is 0.507. The first kappa shape index (κ1) is 21.6. The number of furan rings is 1. The Morgan fingerprint density at radius 1 is 1.00 bits per heavy atom. The van der Waals surface area contributed by atoms with Crippen LogP contribution in [0.1, 0.15) is 41.9 Å². The van der Waals surface area contributed by atoms with Crippen molar-refractivity contribution in [1.29, 1.82) is 0 Å². The van der Waals surface area contributed by atoms with Crippen molar-refractivity contribution in [2.45, 2.75) is 54.0 Å². The van der Waals surface area contributed by atoms with Gasteiger partial charge in [-0.3, -0.25) is 4.79 Å². The van der Waals surface area contributed by atoms with E-state index in [-0.39, 0.29) is 17.9 Å². The fourth-order valence-corrected chi connectivity index (χ4v) is 3.71. The third-order valence-electron chi connectivity index (χ3n) is 5.72. The summed E-state index contributed by atoms with van der Waals surface area (Å²) in [5.41, 5.74) is 3.30. The summed E-state index contributed by atoms with van der Waals surface area (Å²) in [4.78, 5) is 37.2. The van der Waals surface area contributed by atoms with Crippen LogP contribution in [-0.2, 0) is 20.7 Å². The van der Waals surface area contributed by atoms with Gasteiger partial charge < -0.3 is 18.9 Å². The van der Waals surface area contributed by atoms with Gasteiger partial charge >= 0.3 is 11.6 Å². The predicted molar refractivity (Wildman–Crippen MR) is 114 cm³/mol. The zero-order valence-corrected chi connectivity index (χ0v) is 18.4. The topological polar surface area (TPSA) is 98.8 Å². The molecule has 0 aliphatic heterocycles. The molecule has 2 aromatic heterocycles. The number of carbonyl (C=O) groups excluding carboxylic acids is 2. The van der Waals surface area contributed by atoms with Crippen LogP contribution < -0.4 is 10.9 Å². The molecule has 1 aromatic carbocycles. The number of esters is 1. The number of hydrogen-bond donors (Lipinski definition) is 1. The Bertz CT molecular complexity index is 1210. The van der Waals surface area contributed by atoms with Crippen LogP contribution in [0.3, 0.4) is 0 Å². The molecule has 0 bridgehead atoms. The average Bonchev–Trinajstić information content (AvgIpc) is 2.98. The number of aryl methyl sites for hydroxylation is 4. The fourth-order valence-electron chi connectivity index (χ4n) is 3.71. The number of rotatable bonds is 5. The standard InChI is InChI=1S/C23H27NO6/c1-10(2)19(23(27)28-7)24-18(25)9-17-12(4)16-8-15-11(3)14(6)29-20(15)13(5)21(16)30-22(17)26/h8,10,19H,9H2,1-7H3,(H,24,25). The third kappa shape index (κ3) is 3.60. The van der Waals surface area contributed by atoms with Crippen molar-refractivity contribution < 1.29 is 23.2 Å². The highest BCUT2D eigenvalue weighted by Gasteiger charge is 2.26. The lowest BCUT2D eigenvalue weighted by Crippen LogP contribution is -2.45. The lowest BCUT2D eigenvalue weighted by atomic mass is 9.98. The second-order valence-electron chi connectivity index (χ2n) is 8.02.